The number of thiazole rings is 1. The molecule has 1 aliphatic rings. The zero-order valence-corrected chi connectivity index (χ0v) is 16.1. The van der Waals surface area contributed by atoms with E-state index in [0.29, 0.717) is 11.8 Å². The van der Waals surface area contributed by atoms with E-state index in [9.17, 15) is 4.79 Å². The Balaban J connectivity index is 1.60. The highest BCUT2D eigenvalue weighted by Crippen LogP contribution is 2.26. The lowest BCUT2D eigenvalue weighted by molar-refractivity contribution is 0.0623. The lowest BCUT2D eigenvalue weighted by atomic mass is 9.91. The van der Waals surface area contributed by atoms with Gasteiger partial charge in [-0.15, -0.1) is 23.1 Å². The number of likely N-dealkylation sites (tertiary alicyclic amines) is 1. The van der Waals surface area contributed by atoms with Gasteiger partial charge in [0.1, 0.15) is 0 Å². The second kappa shape index (κ2) is 7.70. The first kappa shape index (κ1) is 17.5. The predicted molar refractivity (Wildman–Crippen MR) is 102 cm³/mol. The molecular formula is C19H24N2OS2. The topological polar surface area (TPSA) is 33.2 Å². The smallest absolute Gasteiger partial charge is 0.253 e. The maximum absolute atomic E-state index is 12.7. The van der Waals surface area contributed by atoms with E-state index in [1.165, 1.54) is 11.3 Å². The molecule has 3 rings (SSSR count). The van der Waals surface area contributed by atoms with E-state index in [1.807, 2.05) is 36.1 Å². The lowest BCUT2D eigenvalue weighted by Crippen LogP contribution is -2.42. The number of benzene rings is 1. The van der Waals surface area contributed by atoms with Crippen LogP contribution in [0, 0.1) is 18.8 Å². The summed E-state index contributed by atoms with van der Waals surface area (Å²) in [5.74, 6) is 2.22. The molecule has 1 amide bonds. The third-order valence-electron chi connectivity index (χ3n) is 4.31. The van der Waals surface area contributed by atoms with Gasteiger partial charge in [-0.1, -0.05) is 13.8 Å². The van der Waals surface area contributed by atoms with Crippen LogP contribution < -0.4 is 0 Å². The van der Waals surface area contributed by atoms with E-state index in [1.54, 1.807) is 23.1 Å². The summed E-state index contributed by atoms with van der Waals surface area (Å²) in [5.41, 5.74) is 1.92. The highest BCUT2D eigenvalue weighted by molar-refractivity contribution is 7.98. The molecule has 3 nitrogen and oxygen atoms in total. The summed E-state index contributed by atoms with van der Waals surface area (Å²) < 4.78 is 0. The highest BCUT2D eigenvalue weighted by Gasteiger charge is 2.25. The zero-order valence-electron chi connectivity index (χ0n) is 14.5. The van der Waals surface area contributed by atoms with Crippen molar-refractivity contribution in [1.29, 1.82) is 0 Å². The molecule has 5 heteroatoms. The van der Waals surface area contributed by atoms with E-state index in [-0.39, 0.29) is 5.91 Å². The normalized spacial score (nSPS) is 21.0. The van der Waals surface area contributed by atoms with Crippen molar-refractivity contribution in [3.63, 3.8) is 0 Å². The van der Waals surface area contributed by atoms with Crippen LogP contribution in [0.2, 0.25) is 0 Å². The first-order valence-electron chi connectivity index (χ1n) is 8.44. The summed E-state index contributed by atoms with van der Waals surface area (Å²) in [6.45, 7) is 8.25. The van der Waals surface area contributed by atoms with Crippen molar-refractivity contribution in [2.24, 2.45) is 11.8 Å². The number of aromatic nitrogens is 1. The van der Waals surface area contributed by atoms with Gasteiger partial charge < -0.3 is 4.90 Å². The molecule has 0 N–H and O–H groups in total. The van der Waals surface area contributed by atoms with Gasteiger partial charge in [0.25, 0.3) is 5.91 Å². The van der Waals surface area contributed by atoms with E-state index in [4.69, 9.17) is 0 Å². The van der Waals surface area contributed by atoms with Gasteiger partial charge in [0.15, 0.2) is 0 Å². The van der Waals surface area contributed by atoms with Gasteiger partial charge in [-0.25, -0.2) is 4.98 Å². The Morgan fingerprint density at radius 2 is 1.92 bits per heavy atom. The fourth-order valence-corrected chi connectivity index (χ4v) is 4.85. The van der Waals surface area contributed by atoms with Crippen molar-refractivity contribution in [3.8, 4) is 0 Å². The third kappa shape index (κ3) is 4.39. The Morgan fingerprint density at radius 3 is 2.50 bits per heavy atom. The average molecular weight is 361 g/mol. The molecule has 0 saturated carbocycles. The minimum atomic E-state index is 0.167. The molecule has 128 valence electrons. The number of amides is 1. The Hall–Kier alpha value is -1.33. The summed E-state index contributed by atoms with van der Waals surface area (Å²) in [4.78, 5) is 20.4. The van der Waals surface area contributed by atoms with Crippen molar-refractivity contribution in [2.45, 2.75) is 37.8 Å². The molecular weight excluding hydrogens is 336 g/mol. The van der Waals surface area contributed by atoms with E-state index in [2.05, 4.69) is 24.2 Å². The van der Waals surface area contributed by atoms with E-state index in [0.717, 1.165) is 35.1 Å². The molecule has 0 unspecified atom stereocenters. The summed E-state index contributed by atoms with van der Waals surface area (Å²) in [5, 5.41) is 3.22. The molecule has 0 aliphatic carbocycles. The van der Waals surface area contributed by atoms with Crippen molar-refractivity contribution >= 4 is 29.0 Å². The van der Waals surface area contributed by atoms with Crippen LogP contribution >= 0.6 is 23.1 Å². The number of rotatable bonds is 4. The molecule has 1 aliphatic heterocycles. The quantitative estimate of drug-likeness (QED) is 0.730. The van der Waals surface area contributed by atoms with Gasteiger partial charge >= 0.3 is 0 Å². The van der Waals surface area contributed by atoms with Crippen molar-refractivity contribution in [1.82, 2.24) is 9.88 Å². The summed E-state index contributed by atoms with van der Waals surface area (Å²) in [6.07, 6.45) is 1.22. The van der Waals surface area contributed by atoms with Crippen molar-refractivity contribution in [2.75, 3.05) is 13.1 Å². The number of hydrogen-bond acceptors (Lipinski definition) is 4. The maximum Gasteiger partial charge on any atom is 0.253 e. The number of hydrogen-bond donors (Lipinski definition) is 0. The molecule has 2 heterocycles. The van der Waals surface area contributed by atoms with Crippen LogP contribution in [-0.4, -0.2) is 28.9 Å². The van der Waals surface area contributed by atoms with Gasteiger partial charge in [0, 0.05) is 34.7 Å². The molecule has 0 bridgehead atoms. The minimum Gasteiger partial charge on any atom is -0.338 e. The molecule has 0 spiro atoms. The molecule has 1 aromatic heterocycles. The largest absolute Gasteiger partial charge is 0.338 e. The molecule has 1 saturated heterocycles. The van der Waals surface area contributed by atoms with Gasteiger partial charge in [-0.3, -0.25) is 4.79 Å². The fraction of sp³-hybridized carbons (Fsp3) is 0.474. The van der Waals surface area contributed by atoms with E-state index < -0.39 is 0 Å². The molecule has 2 atom stereocenters. The standard InChI is InChI=1S/C19H24N2OS2/c1-13-8-14(2)10-21(9-13)19(22)16-4-6-18(7-5-16)24-12-17-11-23-15(3)20-17/h4-7,11,13-14H,8-10,12H2,1-3H3/t13-,14-/m1/s1. The predicted octanol–water partition coefficient (Wildman–Crippen LogP) is 4.86. The Kier molecular flexibility index (Phi) is 5.61. The van der Waals surface area contributed by atoms with E-state index >= 15 is 0 Å². The first-order valence-corrected chi connectivity index (χ1v) is 10.3. The number of carbonyl (C=O) groups excluding carboxylic acids is 1. The van der Waals surface area contributed by atoms with Gasteiger partial charge in [0.05, 0.1) is 10.7 Å². The number of aryl methyl sites for hydroxylation is 1. The third-order valence-corrected chi connectivity index (χ3v) is 6.18. The monoisotopic (exact) mass is 360 g/mol. The van der Waals surface area contributed by atoms with Crippen LogP contribution in [0.1, 0.15) is 41.3 Å². The van der Waals surface area contributed by atoms with Crippen LogP contribution in [0.25, 0.3) is 0 Å². The van der Waals surface area contributed by atoms with Crippen molar-refractivity contribution in [3.05, 3.63) is 45.9 Å². The average Bonchev–Trinajstić information content (AvgIpc) is 2.97. The van der Waals surface area contributed by atoms with Crippen LogP contribution in [0.3, 0.4) is 0 Å². The number of piperidine rings is 1. The summed E-state index contributed by atoms with van der Waals surface area (Å²) in [7, 11) is 0. The van der Waals surface area contributed by atoms with Crippen LogP contribution in [-0.2, 0) is 5.75 Å². The second-order valence-electron chi connectivity index (χ2n) is 6.83. The van der Waals surface area contributed by atoms with Crippen LogP contribution in [0.5, 0.6) is 0 Å². The molecule has 24 heavy (non-hydrogen) atoms. The molecule has 0 radical (unpaired) electrons. The van der Waals surface area contributed by atoms with Gasteiger partial charge in [0.2, 0.25) is 0 Å². The lowest BCUT2D eigenvalue weighted by Gasteiger charge is -2.35. The minimum absolute atomic E-state index is 0.167. The van der Waals surface area contributed by atoms with Crippen LogP contribution in [0.15, 0.2) is 34.5 Å². The Morgan fingerprint density at radius 1 is 1.25 bits per heavy atom. The highest BCUT2D eigenvalue weighted by atomic mass is 32.2. The SMILES string of the molecule is Cc1nc(CSc2ccc(C(=O)N3C[C@H](C)C[C@@H](C)C3)cc2)cs1. The molecule has 1 fully saturated rings. The van der Waals surface area contributed by atoms with Crippen molar-refractivity contribution < 1.29 is 4.79 Å². The number of nitrogens with zero attached hydrogens (tertiary/aromatic N) is 2. The fourth-order valence-electron chi connectivity index (χ4n) is 3.34. The molecule has 2 aromatic rings. The maximum atomic E-state index is 12.7. The molecule has 1 aromatic carbocycles. The summed E-state index contributed by atoms with van der Waals surface area (Å²) in [6, 6.07) is 8.02. The van der Waals surface area contributed by atoms with Crippen LogP contribution in [0.4, 0.5) is 0 Å². The Bertz CT molecular complexity index is 686. The van der Waals surface area contributed by atoms with Gasteiger partial charge in [-0.2, -0.15) is 0 Å². The van der Waals surface area contributed by atoms with Gasteiger partial charge in [-0.05, 0) is 49.4 Å². The first-order chi connectivity index (χ1) is 11.5. The zero-order chi connectivity index (χ0) is 17.1. The number of thioether (sulfide) groups is 1. The summed E-state index contributed by atoms with van der Waals surface area (Å²) >= 11 is 3.45. The second-order valence-corrected chi connectivity index (χ2v) is 8.94. The number of carbonyl (C=O) groups is 1. The Labute approximate surface area is 152 Å².